The molecule has 1 aromatic rings. The number of carbonyl (C=O) groups excluding carboxylic acids is 1. The molecule has 1 aliphatic rings. The summed E-state index contributed by atoms with van der Waals surface area (Å²) < 4.78 is 115. The molecule has 1 heterocycles. The van der Waals surface area contributed by atoms with Gasteiger partial charge < -0.3 is 4.74 Å². The van der Waals surface area contributed by atoms with E-state index in [-0.39, 0.29) is 30.4 Å². The van der Waals surface area contributed by atoms with Gasteiger partial charge in [-0.3, -0.25) is 9.69 Å². The zero-order valence-corrected chi connectivity index (χ0v) is 20.8. The Morgan fingerprint density at radius 1 is 1.03 bits per heavy atom. The molecule has 0 N–H and O–H groups in total. The van der Waals surface area contributed by atoms with Gasteiger partial charge in [-0.1, -0.05) is 32.9 Å². The molecular formula is C25H33F8NO2. The predicted molar refractivity (Wildman–Crippen MR) is 118 cm³/mol. The van der Waals surface area contributed by atoms with E-state index in [0.29, 0.717) is 18.6 Å². The first-order chi connectivity index (χ1) is 16.3. The van der Waals surface area contributed by atoms with Crippen LogP contribution in [0.3, 0.4) is 0 Å². The third-order valence-electron chi connectivity index (χ3n) is 6.63. The highest BCUT2D eigenvalue weighted by atomic mass is 19.4. The molecule has 0 aromatic heterocycles. The molecular weight excluding hydrogens is 498 g/mol. The molecule has 1 aliphatic heterocycles. The summed E-state index contributed by atoms with van der Waals surface area (Å²) in [4.78, 5) is 13.1. The second kappa shape index (κ2) is 11.2. The van der Waals surface area contributed by atoms with Crippen molar-refractivity contribution in [1.29, 1.82) is 0 Å². The number of piperidine rings is 1. The zero-order valence-electron chi connectivity index (χ0n) is 20.8. The number of benzene rings is 1. The van der Waals surface area contributed by atoms with Gasteiger partial charge in [-0.05, 0) is 55.3 Å². The maximum absolute atomic E-state index is 15.9. The van der Waals surface area contributed by atoms with Crippen LogP contribution in [0.4, 0.5) is 35.1 Å². The monoisotopic (exact) mass is 531 g/mol. The van der Waals surface area contributed by atoms with Crippen LogP contribution in [0.5, 0.6) is 0 Å². The van der Waals surface area contributed by atoms with Crippen molar-refractivity contribution in [2.75, 3.05) is 13.7 Å². The van der Waals surface area contributed by atoms with Crippen LogP contribution >= 0.6 is 0 Å². The van der Waals surface area contributed by atoms with Crippen LogP contribution in [0.1, 0.15) is 76.5 Å². The number of methoxy groups -OCH3 is 1. The van der Waals surface area contributed by atoms with Crippen LogP contribution in [0.25, 0.3) is 0 Å². The average molecular weight is 532 g/mol. The Kier molecular flexibility index (Phi) is 9.45. The SMILES string of the molecule is COC(=O)C[C@@H]1CCN(C(CCC(C)(C)C)CCC(F)(F)F)[C@H](c2ccc(C(F)(F)F)cc2)C1(F)F. The highest BCUT2D eigenvalue weighted by Crippen LogP contribution is 2.50. The molecule has 0 bridgehead atoms. The summed E-state index contributed by atoms with van der Waals surface area (Å²) in [5.41, 5.74) is -1.44. The number of alkyl halides is 8. The molecule has 1 saturated heterocycles. The summed E-state index contributed by atoms with van der Waals surface area (Å²) in [5.74, 6) is -5.94. The fourth-order valence-corrected chi connectivity index (χ4v) is 4.66. The van der Waals surface area contributed by atoms with Gasteiger partial charge in [0.05, 0.1) is 25.1 Å². The van der Waals surface area contributed by atoms with E-state index >= 15 is 8.78 Å². The van der Waals surface area contributed by atoms with Crippen LogP contribution in [0.2, 0.25) is 0 Å². The van der Waals surface area contributed by atoms with Gasteiger partial charge in [0, 0.05) is 18.4 Å². The number of ether oxygens (including phenoxy) is 1. The minimum Gasteiger partial charge on any atom is -0.469 e. The molecule has 0 saturated carbocycles. The molecule has 2 rings (SSSR count). The first kappa shape index (κ1) is 30.3. The molecule has 3 nitrogen and oxygen atoms in total. The van der Waals surface area contributed by atoms with Gasteiger partial charge in [0.15, 0.2) is 0 Å². The zero-order chi connectivity index (χ0) is 27.5. The van der Waals surface area contributed by atoms with Crippen molar-refractivity contribution in [3.8, 4) is 0 Å². The van der Waals surface area contributed by atoms with Crippen LogP contribution < -0.4 is 0 Å². The minimum atomic E-state index is -4.68. The molecule has 0 spiro atoms. The topological polar surface area (TPSA) is 29.5 Å². The minimum absolute atomic E-state index is 0.0321. The molecule has 0 radical (unpaired) electrons. The molecule has 0 aliphatic carbocycles. The van der Waals surface area contributed by atoms with Crippen molar-refractivity contribution in [2.45, 2.75) is 89.7 Å². The van der Waals surface area contributed by atoms with E-state index < -0.39 is 67.1 Å². The lowest BCUT2D eigenvalue weighted by molar-refractivity contribution is -0.181. The summed E-state index contributed by atoms with van der Waals surface area (Å²) in [6.45, 7) is 5.63. The predicted octanol–water partition coefficient (Wildman–Crippen LogP) is 7.80. The lowest BCUT2D eigenvalue weighted by Crippen LogP contribution is -2.55. The molecule has 206 valence electrons. The third kappa shape index (κ3) is 8.31. The average Bonchev–Trinajstić information content (AvgIpc) is 2.73. The van der Waals surface area contributed by atoms with Gasteiger partial charge in [-0.2, -0.15) is 26.3 Å². The largest absolute Gasteiger partial charge is 0.469 e. The summed E-state index contributed by atoms with van der Waals surface area (Å²) in [6, 6.07) is 0.587. The van der Waals surface area contributed by atoms with Crippen LogP contribution in [0.15, 0.2) is 24.3 Å². The number of carbonyl (C=O) groups is 1. The van der Waals surface area contributed by atoms with Gasteiger partial charge in [-0.25, -0.2) is 8.78 Å². The van der Waals surface area contributed by atoms with E-state index in [1.807, 2.05) is 20.8 Å². The second-order valence-corrected chi connectivity index (χ2v) is 10.6. The number of hydrogen-bond donors (Lipinski definition) is 0. The van der Waals surface area contributed by atoms with Gasteiger partial charge >= 0.3 is 18.3 Å². The first-order valence-electron chi connectivity index (χ1n) is 11.8. The second-order valence-electron chi connectivity index (χ2n) is 10.6. The van der Waals surface area contributed by atoms with E-state index in [0.717, 1.165) is 19.2 Å². The standard InChI is InChI=1S/C25H33F8NO2/c1-22(2,3)12-9-19(10-13-23(26,27)28)34-14-11-18(15-20(35)36-4)24(29,30)21(34)16-5-7-17(8-6-16)25(31,32)33/h5-8,18-19,21H,9-15H2,1-4H3/t18-,19?,21+/m0/s1. The quantitative estimate of drug-likeness (QED) is 0.253. The molecule has 11 heteroatoms. The molecule has 36 heavy (non-hydrogen) atoms. The normalized spacial score (nSPS) is 22.3. The Labute approximate surface area is 206 Å². The van der Waals surface area contributed by atoms with E-state index in [1.54, 1.807) is 0 Å². The maximum Gasteiger partial charge on any atom is 0.416 e. The number of esters is 1. The van der Waals surface area contributed by atoms with Crippen molar-refractivity contribution in [1.82, 2.24) is 4.90 Å². The number of rotatable bonds is 8. The summed E-state index contributed by atoms with van der Waals surface area (Å²) in [6.07, 6.45) is -10.9. The smallest absolute Gasteiger partial charge is 0.416 e. The number of likely N-dealkylation sites (tertiary alicyclic amines) is 1. The number of hydrogen-bond acceptors (Lipinski definition) is 3. The molecule has 1 unspecified atom stereocenters. The first-order valence-corrected chi connectivity index (χ1v) is 11.8. The highest BCUT2D eigenvalue weighted by molar-refractivity contribution is 5.69. The summed E-state index contributed by atoms with van der Waals surface area (Å²) >= 11 is 0. The Hall–Kier alpha value is -1.91. The molecule has 1 aromatic carbocycles. The van der Waals surface area contributed by atoms with Gasteiger partial charge in [0.25, 0.3) is 5.92 Å². The molecule has 3 atom stereocenters. The van der Waals surface area contributed by atoms with E-state index in [9.17, 15) is 31.1 Å². The van der Waals surface area contributed by atoms with Gasteiger partial charge in [0.1, 0.15) is 0 Å². The fraction of sp³-hybridized carbons (Fsp3) is 0.720. The van der Waals surface area contributed by atoms with Gasteiger partial charge in [-0.15, -0.1) is 0 Å². The lowest BCUT2D eigenvalue weighted by Gasteiger charge is -2.49. The Morgan fingerprint density at radius 2 is 1.58 bits per heavy atom. The lowest BCUT2D eigenvalue weighted by atomic mass is 9.79. The number of halogens is 8. The van der Waals surface area contributed by atoms with E-state index in [4.69, 9.17) is 0 Å². The summed E-state index contributed by atoms with van der Waals surface area (Å²) in [5, 5.41) is 0. The fourth-order valence-electron chi connectivity index (χ4n) is 4.66. The van der Waals surface area contributed by atoms with Crippen molar-refractivity contribution in [3.63, 3.8) is 0 Å². The van der Waals surface area contributed by atoms with Crippen molar-refractivity contribution >= 4 is 5.97 Å². The molecule has 0 amide bonds. The Balaban J connectivity index is 2.52. The van der Waals surface area contributed by atoms with Crippen LogP contribution in [-0.2, 0) is 15.7 Å². The van der Waals surface area contributed by atoms with Crippen LogP contribution in [0, 0.1) is 11.3 Å². The molecule has 1 fully saturated rings. The van der Waals surface area contributed by atoms with E-state index in [2.05, 4.69) is 4.74 Å². The highest BCUT2D eigenvalue weighted by Gasteiger charge is 2.55. The van der Waals surface area contributed by atoms with Gasteiger partial charge in [0.2, 0.25) is 0 Å². The number of nitrogens with zero attached hydrogens (tertiary/aromatic N) is 1. The van der Waals surface area contributed by atoms with Crippen molar-refractivity contribution < 1.29 is 44.7 Å². The van der Waals surface area contributed by atoms with E-state index in [1.165, 1.54) is 4.90 Å². The Bertz CT molecular complexity index is 841. The maximum atomic E-state index is 15.9. The van der Waals surface area contributed by atoms with Crippen molar-refractivity contribution in [2.24, 2.45) is 11.3 Å². The summed E-state index contributed by atoms with van der Waals surface area (Å²) in [7, 11) is 1.06. The third-order valence-corrected chi connectivity index (χ3v) is 6.63. The Morgan fingerprint density at radius 3 is 2.06 bits per heavy atom. The van der Waals surface area contributed by atoms with Crippen molar-refractivity contribution in [3.05, 3.63) is 35.4 Å². The van der Waals surface area contributed by atoms with Crippen LogP contribution in [-0.4, -0.2) is 42.7 Å².